The lowest BCUT2D eigenvalue weighted by Crippen LogP contribution is -2.41. The number of carbonyl (C=O) groups excluding carboxylic acids is 2. The van der Waals surface area contributed by atoms with E-state index in [4.69, 9.17) is 11.6 Å². The number of nitrogens with one attached hydrogen (secondary N) is 2. The van der Waals surface area contributed by atoms with Crippen LogP contribution in [0.3, 0.4) is 0 Å². The van der Waals surface area contributed by atoms with Crippen molar-refractivity contribution in [1.82, 2.24) is 10.3 Å². The molecule has 7 heteroatoms. The molecule has 0 aliphatic carbocycles. The van der Waals surface area contributed by atoms with Crippen molar-refractivity contribution in [2.45, 2.75) is 26.8 Å². The fourth-order valence-corrected chi connectivity index (χ4v) is 3.89. The molecule has 2 aromatic carbocycles. The molecule has 26 heavy (non-hydrogen) atoms. The first-order valence-corrected chi connectivity index (χ1v) is 9.28. The molecule has 5 nitrogen and oxygen atoms in total. The summed E-state index contributed by atoms with van der Waals surface area (Å²) in [5.41, 5.74) is 3.43. The molecule has 0 unspecified atom stereocenters. The zero-order valence-corrected chi connectivity index (χ0v) is 16.2. The van der Waals surface area contributed by atoms with Crippen LogP contribution < -0.4 is 10.6 Å². The van der Waals surface area contributed by atoms with Crippen molar-refractivity contribution in [2.24, 2.45) is 0 Å². The monoisotopic (exact) mass is 387 g/mol. The van der Waals surface area contributed by atoms with Gasteiger partial charge in [-0.05, 0) is 50.1 Å². The van der Waals surface area contributed by atoms with E-state index in [1.54, 1.807) is 31.2 Å². The maximum absolute atomic E-state index is 12.4. The Kier molecular flexibility index (Phi) is 5.25. The SMILES string of the molecule is Cc1cc(C)c2nc(NC(=O)[C@H](C)NC(=O)c3ccccc3Cl)sc2c1. The maximum Gasteiger partial charge on any atom is 0.253 e. The fourth-order valence-electron chi connectivity index (χ4n) is 2.62. The smallest absolute Gasteiger partial charge is 0.253 e. The van der Waals surface area contributed by atoms with E-state index in [2.05, 4.69) is 21.7 Å². The van der Waals surface area contributed by atoms with Gasteiger partial charge in [0.1, 0.15) is 6.04 Å². The number of halogens is 1. The zero-order valence-electron chi connectivity index (χ0n) is 14.6. The highest BCUT2D eigenvalue weighted by Gasteiger charge is 2.19. The minimum Gasteiger partial charge on any atom is -0.340 e. The molecular weight excluding hydrogens is 370 g/mol. The topological polar surface area (TPSA) is 71.1 Å². The Balaban J connectivity index is 1.70. The van der Waals surface area contributed by atoms with Crippen molar-refractivity contribution < 1.29 is 9.59 Å². The quantitative estimate of drug-likeness (QED) is 0.700. The molecule has 0 saturated carbocycles. The summed E-state index contributed by atoms with van der Waals surface area (Å²) < 4.78 is 1.02. The fraction of sp³-hybridized carbons (Fsp3) is 0.211. The molecule has 0 aliphatic rings. The van der Waals surface area contributed by atoms with Gasteiger partial charge in [-0.3, -0.25) is 9.59 Å². The van der Waals surface area contributed by atoms with Crippen LogP contribution in [0.1, 0.15) is 28.4 Å². The molecule has 2 amide bonds. The summed E-state index contributed by atoms with van der Waals surface area (Å²) >= 11 is 7.43. The number of benzene rings is 2. The Bertz CT molecular complexity index is 1000. The van der Waals surface area contributed by atoms with Crippen molar-refractivity contribution in [3.63, 3.8) is 0 Å². The first-order valence-electron chi connectivity index (χ1n) is 8.09. The number of hydrogen-bond donors (Lipinski definition) is 2. The molecule has 0 aliphatic heterocycles. The Hall–Kier alpha value is -2.44. The van der Waals surface area contributed by atoms with Gasteiger partial charge in [-0.25, -0.2) is 4.98 Å². The minimum atomic E-state index is -0.728. The number of fused-ring (bicyclic) bond motifs is 1. The number of anilines is 1. The summed E-state index contributed by atoms with van der Waals surface area (Å²) in [6.45, 7) is 5.64. The molecule has 3 aromatic rings. The predicted molar refractivity (Wildman–Crippen MR) is 106 cm³/mol. The molecule has 1 atom stereocenters. The summed E-state index contributed by atoms with van der Waals surface area (Å²) in [5, 5.41) is 6.28. The highest BCUT2D eigenvalue weighted by molar-refractivity contribution is 7.22. The van der Waals surface area contributed by atoms with Crippen molar-refractivity contribution in [3.05, 3.63) is 58.1 Å². The van der Waals surface area contributed by atoms with Crippen LogP contribution in [0, 0.1) is 13.8 Å². The third-order valence-electron chi connectivity index (χ3n) is 3.92. The number of aromatic nitrogens is 1. The zero-order chi connectivity index (χ0) is 18.8. The van der Waals surface area contributed by atoms with E-state index in [1.165, 1.54) is 11.3 Å². The van der Waals surface area contributed by atoms with Crippen LogP contribution in [0.15, 0.2) is 36.4 Å². The van der Waals surface area contributed by atoms with Crippen molar-refractivity contribution in [1.29, 1.82) is 0 Å². The highest BCUT2D eigenvalue weighted by atomic mass is 35.5. The lowest BCUT2D eigenvalue weighted by molar-refractivity contribution is -0.117. The van der Waals surface area contributed by atoms with Crippen LogP contribution in [-0.2, 0) is 4.79 Å². The van der Waals surface area contributed by atoms with Crippen LogP contribution in [0.5, 0.6) is 0 Å². The van der Waals surface area contributed by atoms with Crippen LogP contribution in [0.2, 0.25) is 5.02 Å². The Morgan fingerprint density at radius 3 is 2.65 bits per heavy atom. The highest BCUT2D eigenvalue weighted by Crippen LogP contribution is 2.29. The number of hydrogen-bond acceptors (Lipinski definition) is 4. The number of carbonyl (C=O) groups is 2. The molecule has 0 radical (unpaired) electrons. The Labute approximate surface area is 160 Å². The number of thiazole rings is 1. The second kappa shape index (κ2) is 7.43. The molecule has 0 fully saturated rings. The third kappa shape index (κ3) is 3.86. The molecule has 1 aromatic heterocycles. The van der Waals surface area contributed by atoms with E-state index >= 15 is 0 Å². The molecular formula is C19H18ClN3O2S. The second-order valence-electron chi connectivity index (χ2n) is 6.11. The van der Waals surface area contributed by atoms with Gasteiger partial charge in [-0.1, -0.05) is 41.1 Å². The van der Waals surface area contributed by atoms with E-state index in [0.717, 1.165) is 21.3 Å². The van der Waals surface area contributed by atoms with Gasteiger partial charge in [-0.2, -0.15) is 0 Å². The summed E-state index contributed by atoms with van der Waals surface area (Å²) in [6, 6.07) is 10.1. The first-order chi connectivity index (χ1) is 12.3. The second-order valence-corrected chi connectivity index (χ2v) is 7.55. The number of aryl methyl sites for hydroxylation is 2. The van der Waals surface area contributed by atoms with E-state index in [-0.39, 0.29) is 5.91 Å². The van der Waals surface area contributed by atoms with Crippen molar-refractivity contribution in [3.8, 4) is 0 Å². The molecule has 0 spiro atoms. The summed E-state index contributed by atoms with van der Waals surface area (Å²) in [5.74, 6) is -0.729. The van der Waals surface area contributed by atoms with Gasteiger partial charge < -0.3 is 10.6 Å². The van der Waals surface area contributed by atoms with E-state index in [1.807, 2.05) is 19.9 Å². The van der Waals surface area contributed by atoms with Gasteiger partial charge in [0.05, 0.1) is 20.8 Å². The number of rotatable bonds is 4. The van der Waals surface area contributed by atoms with Gasteiger partial charge in [0.15, 0.2) is 5.13 Å². The predicted octanol–water partition coefficient (Wildman–Crippen LogP) is 4.32. The van der Waals surface area contributed by atoms with Gasteiger partial charge in [-0.15, -0.1) is 0 Å². The number of nitrogens with zero attached hydrogens (tertiary/aromatic N) is 1. The lowest BCUT2D eigenvalue weighted by atomic mass is 10.1. The average molecular weight is 388 g/mol. The largest absolute Gasteiger partial charge is 0.340 e. The normalized spacial score (nSPS) is 12.0. The van der Waals surface area contributed by atoms with E-state index in [0.29, 0.717) is 15.7 Å². The lowest BCUT2D eigenvalue weighted by Gasteiger charge is -2.13. The van der Waals surface area contributed by atoms with E-state index < -0.39 is 11.9 Å². The Morgan fingerprint density at radius 1 is 1.19 bits per heavy atom. The van der Waals surface area contributed by atoms with Crippen LogP contribution >= 0.6 is 22.9 Å². The molecule has 134 valence electrons. The van der Waals surface area contributed by atoms with Crippen molar-refractivity contribution >= 4 is 50.1 Å². The summed E-state index contributed by atoms with van der Waals surface area (Å²) in [7, 11) is 0. The molecule has 0 bridgehead atoms. The first kappa shape index (κ1) is 18.4. The van der Waals surface area contributed by atoms with Crippen LogP contribution in [0.4, 0.5) is 5.13 Å². The van der Waals surface area contributed by atoms with Crippen LogP contribution in [0.25, 0.3) is 10.2 Å². The van der Waals surface area contributed by atoms with Crippen molar-refractivity contribution in [2.75, 3.05) is 5.32 Å². The molecule has 2 N–H and O–H groups in total. The minimum absolute atomic E-state index is 0.333. The molecule has 0 saturated heterocycles. The Morgan fingerprint density at radius 2 is 1.92 bits per heavy atom. The van der Waals surface area contributed by atoms with E-state index in [9.17, 15) is 9.59 Å². The summed E-state index contributed by atoms with van der Waals surface area (Å²) in [6.07, 6.45) is 0. The maximum atomic E-state index is 12.4. The average Bonchev–Trinajstić information content (AvgIpc) is 2.97. The van der Waals surface area contributed by atoms with Crippen LogP contribution in [-0.4, -0.2) is 22.8 Å². The third-order valence-corrected chi connectivity index (χ3v) is 5.17. The van der Waals surface area contributed by atoms with Gasteiger partial charge >= 0.3 is 0 Å². The molecule has 3 rings (SSSR count). The van der Waals surface area contributed by atoms with Gasteiger partial charge in [0.2, 0.25) is 5.91 Å². The standard InChI is InChI=1S/C19H18ClN3O2S/c1-10-8-11(2)16-15(9-10)26-19(22-16)23-17(24)12(3)21-18(25)13-6-4-5-7-14(13)20/h4-9,12H,1-3H3,(H,21,25)(H,22,23,24)/t12-/m0/s1. The van der Waals surface area contributed by atoms with Gasteiger partial charge in [0.25, 0.3) is 5.91 Å². The summed E-state index contributed by atoms with van der Waals surface area (Å²) in [4.78, 5) is 29.1. The molecule has 1 heterocycles. The van der Waals surface area contributed by atoms with Gasteiger partial charge in [0, 0.05) is 0 Å². The number of amides is 2.